The number of carbonyl (C=O) groups is 2. The van der Waals surface area contributed by atoms with Crippen molar-refractivity contribution in [2.24, 2.45) is 0 Å². The van der Waals surface area contributed by atoms with Gasteiger partial charge in [-0.3, -0.25) is 14.5 Å². The molecule has 2 N–H and O–H groups in total. The van der Waals surface area contributed by atoms with E-state index < -0.39 is 6.09 Å². The van der Waals surface area contributed by atoms with Crippen LogP contribution in [-0.2, 0) is 16.1 Å². The lowest BCUT2D eigenvalue weighted by Gasteiger charge is -2.20. The average Bonchev–Trinajstić information content (AvgIpc) is 3.42. The molecule has 2 amide bonds. The van der Waals surface area contributed by atoms with Crippen LogP contribution in [0.15, 0.2) is 52.2 Å². The summed E-state index contributed by atoms with van der Waals surface area (Å²) < 4.78 is 21.8. The Kier molecular flexibility index (Phi) is 5.49. The summed E-state index contributed by atoms with van der Waals surface area (Å²) in [6, 6.07) is 12.0. The van der Waals surface area contributed by atoms with Crippen molar-refractivity contribution in [1.82, 2.24) is 9.88 Å². The number of pyridine rings is 1. The first kappa shape index (κ1) is 22.1. The second-order valence-electron chi connectivity index (χ2n) is 9.00. The van der Waals surface area contributed by atoms with Gasteiger partial charge in [0.2, 0.25) is 5.91 Å². The molecule has 0 saturated carbocycles. The number of amides is 2. The van der Waals surface area contributed by atoms with Gasteiger partial charge in [-0.2, -0.15) is 0 Å². The Bertz CT molecular complexity index is 1420. The number of halogens is 1. The van der Waals surface area contributed by atoms with Crippen LogP contribution in [-0.4, -0.2) is 48.1 Å². The van der Waals surface area contributed by atoms with Crippen molar-refractivity contribution in [2.75, 3.05) is 35.6 Å². The number of rotatable bonds is 6. The van der Waals surface area contributed by atoms with Crippen LogP contribution in [0.5, 0.6) is 0 Å². The zero-order valence-corrected chi connectivity index (χ0v) is 19.6. The molecular formula is C25H23FN4O4S. The first-order valence-electron chi connectivity index (χ1n) is 11.6. The fourth-order valence-electron chi connectivity index (χ4n) is 5.13. The van der Waals surface area contributed by atoms with E-state index in [9.17, 15) is 18.8 Å². The zero-order chi connectivity index (χ0) is 24.1. The van der Waals surface area contributed by atoms with Gasteiger partial charge in [0.1, 0.15) is 11.9 Å². The van der Waals surface area contributed by atoms with Crippen molar-refractivity contribution >= 4 is 46.0 Å². The highest BCUT2D eigenvalue weighted by molar-refractivity contribution is 8.00. The second kappa shape index (κ2) is 8.69. The van der Waals surface area contributed by atoms with Gasteiger partial charge in [-0.05, 0) is 54.8 Å². The molecule has 6 rings (SSSR count). The molecule has 1 saturated heterocycles. The van der Waals surface area contributed by atoms with Gasteiger partial charge in [0.15, 0.2) is 0 Å². The van der Waals surface area contributed by atoms with Crippen molar-refractivity contribution < 1.29 is 18.7 Å². The normalized spacial score (nSPS) is 20.8. The summed E-state index contributed by atoms with van der Waals surface area (Å²) >= 11 is 1.47. The molecule has 3 aliphatic rings. The fraction of sp³-hybridized carbons (Fsp3) is 0.320. The number of benzene rings is 2. The van der Waals surface area contributed by atoms with Gasteiger partial charge in [0.05, 0.1) is 23.5 Å². The Morgan fingerprint density at radius 3 is 2.86 bits per heavy atom. The van der Waals surface area contributed by atoms with Crippen LogP contribution in [0.25, 0.3) is 10.9 Å². The molecular weight excluding hydrogens is 471 g/mol. The van der Waals surface area contributed by atoms with Crippen LogP contribution in [0.3, 0.4) is 0 Å². The van der Waals surface area contributed by atoms with E-state index in [0.29, 0.717) is 60.8 Å². The van der Waals surface area contributed by atoms with Gasteiger partial charge >= 0.3 is 6.09 Å². The van der Waals surface area contributed by atoms with Crippen LogP contribution in [0.4, 0.5) is 20.6 Å². The molecule has 2 aromatic carbocycles. The largest absolute Gasteiger partial charge is 0.443 e. The maximum Gasteiger partial charge on any atom is 0.414 e. The predicted octanol–water partition coefficient (Wildman–Crippen LogP) is 3.29. The average molecular weight is 495 g/mol. The Labute approximate surface area is 204 Å². The number of aromatic nitrogens is 1. The Balaban J connectivity index is 1.06. The lowest BCUT2D eigenvalue weighted by molar-refractivity contribution is -0.113. The van der Waals surface area contributed by atoms with Crippen molar-refractivity contribution in [2.45, 2.75) is 29.9 Å². The Morgan fingerprint density at radius 2 is 1.97 bits per heavy atom. The van der Waals surface area contributed by atoms with Crippen LogP contribution >= 0.6 is 11.8 Å². The number of fused-ring (bicyclic) bond motifs is 1. The van der Waals surface area contributed by atoms with Crippen LogP contribution in [0.2, 0.25) is 0 Å². The Morgan fingerprint density at radius 1 is 1.11 bits per heavy atom. The number of carbonyl (C=O) groups excluding carboxylic acids is 2. The summed E-state index contributed by atoms with van der Waals surface area (Å²) in [5, 5.41) is 7.03. The Hall–Kier alpha value is -3.37. The third-order valence-electron chi connectivity index (χ3n) is 6.77. The second-order valence-corrected chi connectivity index (χ2v) is 10.0. The lowest BCUT2D eigenvalue weighted by Crippen LogP contribution is -2.32. The molecule has 2 atom stereocenters. The summed E-state index contributed by atoms with van der Waals surface area (Å²) in [4.78, 5) is 39.0. The molecule has 0 aliphatic carbocycles. The lowest BCUT2D eigenvalue weighted by atomic mass is 9.96. The monoisotopic (exact) mass is 494 g/mol. The summed E-state index contributed by atoms with van der Waals surface area (Å²) in [6.45, 7) is 1.92. The highest BCUT2D eigenvalue weighted by Gasteiger charge is 2.33. The first-order valence-corrected chi connectivity index (χ1v) is 12.5. The summed E-state index contributed by atoms with van der Waals surface area (Å²) in [5.41, 5.74) is 2.58. The van der Waals surface area contributed by atoms with E-state index in [1.807, 2.05) is 12.1 Å². The number of hydrogen-bond acceptors (Lipinski definition) is 6. The number of nitrogens with one attached hydrogen (secondary N) is 2. The molecule has 3 aliphatic heterocycles. The molecule has 10 heteroatoms. The highest BCUT2D eigenvalue weighted by Crippen LogP contribution is 2.37. The number of nitrogens with zero attached hydrogens (tertiary/aromatic N) is 2. The van der Waals surface area contributed by atoms with Crippen molar-refractivity contribution in [3.8, 4) is 0 Å². The van der Waals surface area contributed by atoms with E-state index in [-0.39, 0.29) is 29.3 Å². The molecule has 0 bridgehead atoms. The molecule has 35 heavy (non-hydrogen) atoms. The number of thioether (sulfide) groups is 1. The SMILES string of the molecule is O=C1CSc2ccc(N3C[C@@H](CNCC[C@H]4Cn5c(=O)ccc6ccc(F)c4c65)OC3=O)cc2N1. The maximum atomic E-state index is 14.6. The maximum absolute atomic E-state index is 14.6. The minimum Gasteiger partial charge on any atom is -0.443 e. The predicted molar refractivity (Wildman–Crippen MR) is 132 cm³/mol. The molecule has 0 radical (unpaired) electrons. The minimum atomic E-state index is -0.425. The van der Waals surface area contributed by atoms with Crippen molar-refractivity contribution in [3.05, 3.63) is 64.2 Å². The van der Waals surface area contributed by atoms with Gasteiger partial charge < -0.3 is 19.9 Å². The molecule has 1 fully saturated rings. The van der Waals surface area contributed by atoms with E-state index in [1.165, 1.54) is 23.9 Å². The van der Waals surface area contributed by atoms with Gasteiger partial charge in [0.25, 0.3) is 5.56 Å². The zero-order valence-electron chi connectivity index (χ0n) is 18.8. The summed E-state index contributed by atoms with van der Waals surface area (Å²) in [5.74, 6) is -0.0407. The standard InChI is InChI=1S/C25H23FN4O4S/c26-18-4-1-14-2-6-22(32)30-11-15(23(18)24(14)30)7-8-27-10-17-12-29(25(33)34-17)16-3-5-20-19(9-16)28-21(31)13-35-20/h1-6,9,15,17,27H,7-8,10-13H2,(H,28,31)/t15-,17+/m0/s1. The molecule has 1 aromatic heterocycles. The van der Waals surface area contributed by atoms with Crippen LogP contribution in [0.1, 0.15) is 17.9 Å². The third-order valence-corrected chi connectivity index (χ3v) is 7.84. The van der Waals surface area contributed by atoms with Crippen molar-refractivity contribution in [3.63, 3.8) is 0 Å². The molecule has 0 spiro atoms. The van der Waals surface area contributed by atoms with Crippen LogP contribution < -0.4 is 21.1 Å². The topological polar surface area (TPSA) is 92.7 Å². The summed E-state index contributed by atoms with van der Waals surface area (Å²) in [7, 11) is 0. The van der Waals surface area contributed by atoms with Gasteiger partial charge in [-0.25, -0.2) is 9.18 Å². The highest BCUT2D eigenvalue weighted by atomic mass is 32.2. The molecule has 4 heterocycles. The molecule has 180 valence electrons. The number of ether oxygens (including phenoxy) is 1. The minimum absolute atomic E-state index is 0.0583. The molecule has 8 nitrogen and oxygen atoms in total. The van der Waals surface area contributed by atoms with E-state index >= 15 is 0 Å². The smallest absolute Gasteiger partial charge is 0.414 e. The summed E-state index contributed by atoms with van der Waals surface area (Å²) in [6.07, 6.45) is -0.0963. The van der Waals surface area contributed by atoms with E-state index in [2.05, 4.69) is 10.6 Å². The van der Waals surface area contributed by atoms with Crippen molar-refractivity contribution in [1.29, 1.82) is 0 Å². The number of hydrogen-bond donors (Lipinski definition) is 2. The molecule has 3 aromatic rings. The van der Waals surface area contributed by atoms with Gasteiger partial charge in [-0.1, -0.05) is 0 Å². The van der Waals surface area contributed by atoms with Crippen LogP contribution in [0, 0.1) is 5.82 Å². The van der Waals surface area contributed by atoms with Gasteiger partial charge in [0, 0.05) is 41.2 Å². The first-order chi connectivity index (χ1) is 17.0. The molecule has 0 unspecified atom stereocenters. The number of anilines is 2. The van der Waals surface area contributed by atoms with Gasteiger partial charge in [-0.15, -0.1) is 11.8 Å². The van der Waals surface area contributed by atoms with E-state index in [4.69, 9.17) is 4.74 Å². The van der Waals surface area contributed by atoms with E-state index in [0.717, 1.165) is 10.3 Å². The number of cyclic esters (lactones) is 1. The van der Waals surface area contributed by atoms with E-state index in [1.54, 1.807) is 27.7 Å². The fourth-order valence-corrected chi connectivity index (χ4v) is 5.92. The quantitative estimate of drug-likeness (QED) is 0.511. The third kappa shape index (κ3) is 3.96.